The lowest BCUT2D eigenvalue weighted by Crippen LogP contribution is -2.47. The summed E-state index contributed by atoms with van der Waals surface area (Å²) < 4.78 is 0. The molecule has 0 aromatic heterocycles. The fourth-order valence-corrected chi connectivity index (χ4v) is 5.25. The Labute approximate surface area is 186 Å². The fourth-order valence-electron chi connectivity index (χ4n) is 4.35. The first-order valence-electron chi connectivity index (χ1n) is 11.5. The molecule has 1 saturated carbocycles. The van der Waals surface area contributed by atoms with E-state index in [1.54, 1.807) is 0 Å². The van der Waals surface area contributed by atoms with Crippen molar-refractivity contribution in [1.29, 1.82) is 0 Å². The molecule has 1 unspecified atom stereocenters. The topological polar surface area (TPSA) is 56.7 Å². The lowest BCUT2D eigenvalue weighted by Gasteiger charge is -2.34. The molecule has 2 N–H and O–H groups in total. The molecule has 1 aromatic rings. The van der Waals surface area contributed by atoms with Crippen LogP contribution < -0.4 is 10.6 Å². The maximum atomic E-state index is 12.8. The zero-order valence-electron chi connectivity index (χ0n) is 18.8. The van der Waals surface area contributed by atoms with E-state index in [9.17, 15) is 4.79 Å². The summed E-state index contributed by atoms with van der Waals surface area (Å²) in [5.41, 5.74) is 2.63. The van der Waals surface area contributed by atoms with Gasteiger partial charge in [-0.05, 0) is 45.1 Å². The third-order valence-electron chi connectivity index (χ3n) is 6.22. The van der Waals surface area contributed by atoms with Crippen LogP contribution in [-0.2, 0) is 4.79 Å². The minimum atomic E-state index is 0.215. The van der Waals surface area contributed by atoms with Crippen LogP contribution in [0, 0.1) is 12.8 Å². The number of nitrogens with zero attached hydrogens (tertiary/aromatic N) is 2. The monoisotopic (exact) mass is 430 g/mol. The van der Waals surface area contributed by atoms with Gasteiger partial charge in [-0.2, -0.15) is 11.8 Å². The number of amides is 1. The summed E-state index contributed by atoms with van der Waals surface area (Å²) in [7, 11) is 0. The van der Waals surface area contributed by atoms with E-state index in [1.807, 2.05) is 11.8 Å². The van der Waals surface area contributed by atoms with Crippen LogP contribution in [-0.4, -0.2) is 60.5 Å². The molecule has 1 atom stereocenters. The van der Waals surface area contributed by atoms with Crippen molar-refractivity contribution in [3.05, 3.63) is 35.4 Å². The average molecular weight is 431 g/mol. The smallest absolute Gasteiger partial charge is 0.225 e. The number of rotatable bonds is 6. The molecule has 1 aliphatic heterocycles. The van der Waals surface area contributed by atoms with E-state index in [1.165, 1.54) is 11.1 Å². The predicted molar refractivity (Wildman–Crippen MR) is 128 cm³/mol. The molecule has 0 radical (unpaired) electrons. The first-order chi connectivity index (χ1) is 14.6. The molecule has 0 spiro atoms. The van der Waals surface area contributed by atoms with Crippen LogP contribution in [0.5, 0.6) is 0 Å². The molecular formula is C24H38N4OS. The Morgan fingerprint density at radius 3 is 2.63 bits per heavy atom. The highest BCUT2D eigenvalue weighted by atomic mass is 32.2. The molecule has 30 heavy (non-hydrogen) atoms. The number of guanidine groups is 1. The summed E-state index contributed by atoms with van der Waals surface area (Å²) in [6, 6.07) is 9.10. The highest BCUT2D eigenvalue weighted by molar-refractivity contribution is 7.99. The SMILES string of the molecule is CCNC(=NCC(C)c1cccc(C)c1)NC1CCC(C(=O)N2CCSCC2)CC1. The maximum absolute atomic E-state index is 12.8. The van der Waals surface area contributed by atoms with Gasteiger partial charge in [-0.15, -0.1) is 0 Å². The third-order valence-corrected chi connectivity index (χ3v) is 7.16. The van der Waals surface area contributed by atoms with Gasteiger partial charge >= 0.3 is 0 Å². The third kappa shape index (κ3) is 6.66. The second-order valence-electron chi connectivity index (χ2n) is 8.67. The zero-order valence-corrected chi connectivity index (χ0v) is 19.6. The number of benzene rings is 1. The molecule has 1 heterocycles. The van der Waals surface area contributed by atoms with Gasteiger partial charge in [-0.25, -0.2) is 0 Å². The van der Waals surface area contributed by atoms with Crippen LogP contribution in [0.15, 0.2) is 29.3 Å². The number of nitrogens with one attached hydrogen (secondary N) is 2. The lowest BCUT2D eigenvalue weighted by molar-refractivity contribution is -0.136. The zero-order chi connectivity index (χ0) is 21.3. The van der Waals surface area contributed by atoms with Gasteiger partial charge in [0.2, 0.25) is 5.91 Å². The van der Waals surface area contributed by atoms with Gasteiger partial charge in [0.25, 0.3) is 0 Å². The van der Waals surface area contributed by atoms with E-state index >= 15 is 0 Å². The van der Waals surface area contributed by atoms with Crippen molar-refractivity contribution in [2.45, 2.75) is 58.4 Å². The van der Waals surface area contributed by atoms with Crippen molar-refractivity contribution in [2.24, 2.45) is 10.9 Å². The van der Waals surface area contributed by atoms with E-state index in [4.69, 9.17) is 4.99 Å². The van der Waals surface area contributed by atoms with Crippen molar-refractivity contribution < 1.29 is 4.79 Å². The van der Waals surface area contributed by atoms with Gasteiger partial charge < -0.3 is 15.5 Å². The molecule has 5 nitrogen and oxygen atoms in total. The van der Waals surface area contributed by atoms with Crippen molar-refractivity contribution >= 4 is 23.6 Å². The maximum Gasteiger partial charge on any atom is 0.225 e. The van der Waals surface area contributed by atoms with Crippen molar-refractivity contribution in [3.63, 3.8) is 0 Å². The largest absolute Gasteiger partial charge is 0.357 e. The van der Waals surface area contributed by atoms with Gasteiger partial charge in [0.1, 0.15) is 0 Å². The molecule has 6 heteroatoms. The fraction of sp³-hybridized carbons (Fsp3) is 0.667. The molecule has 1 saturated heterocycles. The van der Waals surface area contributed by atoms with Crippen LogP contribution in [0.1, 0.15) is 56.6 Å². The van der Waals surface area contributed by atoms with Gasteiger partial charge in [0.05, 0.1) is 0 Å². The number of aliphatic imine (C=N–C) groups is 1. The summed E-state index contributed by atoms with van der Waals surface area (Å²) in [4.78, 5) is 19.7. The van der Waals surface area contributed by atoms with E-state index in [0.717, 1.165) is 69.3 Å². The van der Waals surface area contributed by atoms with Crippen LogP contribution >= 0.6 is 11.8 Å². The highest BCUT2D eigenvalue weighted by Crippen LogP contribution is 2.27. The first kappa shape index (κ1) is 23.0. The molecule has 2 fully saturated rings. The van der Waals surface area contributed by atoms with E-state index in [2.05, 4.69) is 60.6 Å². The summed E-state index contributed by atoms with van der Waals surface area (Å²) in [6.45, 7) is 9.95. The Hall–Kier alpha value is -1.69. The van der Waals surface area contributed by atoms with Crippen LogP contribution in [0.2, 0.25) is 0 Å². The number of hydrogen-bond acceptors (Lipinski definition) is 3. The lowest BCUT2D eigenvalue weighted by atomic mass is 9.85. The minimum Gasteiger partial charge on any atom is -0.357 e. The molecule has 166 valence electrons. The van der Waals surface area contributed by atoms with Gasteiger partial charge in [-0.1, -0.05) is 36.8 Å². The standard InChI is InChI=1S/C24H38N4OS/c1-4-25-24(26-17-19(3)21-7-5-6-18(2)16-21)27-22-10-8-20(9-11-22)23(29)28-12-14-30-15-13-28/h5-7,16,19-20,22H,4,8-15,17H2,1-3H3,(H2,25,26,27). The number of carbonyl (C=O) groups is 1. The van der Waals surface area contributed by atoms with Crippen LogP contribution in [0.4, 0.5) is 0 Å². The van der Waals surface area contributed by atoms with Gasteiger partial charge in [0.15, 0.2) is 5.96 Å². The molecule has 1 aromatic carbocycles. The molecule has 1 aliphatic carbocycles. The average Bonchev–Trinajstić information content (AvgIpc) is 2.78. The summed E-state index contributed by atoms with van der Waals surface area (Å²) >= 11 is 1.96. The Morgan fingerprint density at radius 2 is 1.97 bits per heavy atom. The molecule has 0 bridgehead atoms. The van der Waals surface area contributed by atoms with E-state index < -0.39 is 0 Å². The molecule has 3 rings (SSSR count). The highest BCUT2D eigenvalue weighted by Gasteiger charge is 2.30. The Morgan fingerprint density at radius 1 is 1.23 bits per heavy atom. The van der Waals surface area contributed by atoms with E-state index in [-0.39, 0.29) is 5.92 Å². The van der Waals surface area contributed by atoms with Gasteiger partial charge in [-0.3, -0.25) is 9.79 Å². The predicted octanol–water partition coefficient (Wildman–Crippen LogP) is 3.79. The van der Waals surface area contributed by atoms with Crippen molar-refractivity contribution in [2.75, 3.05) is 37.7 Å². The number of thioether (sulfide) groups is 1. The summed E-state index contributed by atoms with van der Waals surface area (Å²) in [5.74, 6) is 4.07. The Bertz CT molecular complexity index is 709. The molecular weight excluding hydrogens is 392 g/mol. The van der Waals surface area contributed by atoms with Crippen LogP contribution in [0.3, 0.4) is 0 Å². The van der Waals surface area contributed by atoms with Crippen molar-refractivity contribution in [1.82, 2.24) is 15.5 Å². The van der Waals surface area contributed by atoms with Crippen molar-refractivity contribution in [3.8, 4) is 0 Å². The quantitative estimate of drug-likeness (QED) is 0.533. The van der Waals surface area contributed by atoms with E-state index in [0.29, 0.717) is 17.9 Å². The normalized spacial score (nSPS) is 23.7. The number of aryl methyl sites for hydroxylation is 1. The number of hydrogen-bond donors (Lipinski definition) is 2. The minimum absolute atomic E-state index is 0.215. The molecule has 1 amide bonds. The summed E-state index contributed by atoms with van der Waals surface area (Å²) in [5, 5.41) is 7.02. The first-order valence-corrected chi connectivity index (χ1v) is 12.7. The molecule has 2 aliphatic rings. The summed E-state index contributed by atoms with van der Waals surface area (Å²) in [6.07, 6.45) is 4.05. The van der Waals surface area contributed by atoms with Gasteiger partial charge in [0, 0.05) is 55.6 Å². The van der Waals surface area contributed by atoms with Crippen LogP contribution in [0.25, 0.3) is 0 Å². The number of carbonyl (C=O) groups excluding carboxylic acids is 1. The Balaban J connectivity index is 1.49. The second-order valence-corrected chi connectivity index (χ2v) is 9.89. The second kappa shape index (κ2) is 11.6. The Kier molecular flexibility index (Phi) is 8.91.